The number of nitrogens with zero attached hydrogens (tertiary/aromatic N) is 3. The first-order valence-corrected chi connectivity index (χ1v) is 5.92. The van der Waals surface area contributed by atoms with E-state index in [4.69, 9.17) is 10.9 Å². The van der Waals surface area contributed by atoms with E-state index in [0.717, 1.165) is 18.7 Å². The number of aromatic nitrogens is 2. The van der Waals surface area contributed by atoms with Crippen molar-refractivity contribution in [2.24, 2.45) is 5.84 Å². The van der Waals surface area contributed by atoms with Crippen LogP contribution < -0.4 is 16.2 Å². The lowest BCUT2D eigenvalue weighted by Gasteiger charge is -2.31. The second-order valence-electron chi connectivity index (χ2n) is 3.79. The SMILES string of the molecule is CCC(CC)N(CCO)c1cc(NN)ncn1. The van der Waals surface area contributed by atoms with Gasteiger partial charge in [-0.1, -0.05) is 13.8 Å². The van der Waals surface area contributed by atoms with Gasteiger partial charge >= 0.3 is 0 Å². The van der Waals surface area contributed by atoms with Crippen molar-refractivity contribution >= 4 is 11.6 Å². The second kappa shape index (κ2) is 7.03. The number of hydrogen-bond donors (Lipinski definition) is 3. The smallest absolute Gasteiger partial charge is 0.145 e. The molecule has 0 unspecified atom stereocenters. The summed E-state index contributed by atoms with van der Waals surface area (Å²) in [4.78, 5) is 10.3. The van der Waals surface area contributed by atoms with Crippen LogP contribution in [0.4, 0.5) is 11.6 Å². The molecular formula is C11H21N5O. The number of hydrogen-bond acceptors (Lipinski definition) is 6. The van der Waals surface area contributed by atoms with E-state index in [1.54, 1.807) is 6.07 Å². The van der Waals surface area contributed by atoms with Crippen LogP contribution in [-0.2, 0) is 0 Å². The number of aliphatic hydroxyl groups is 1. The van der Waals surface area contributed by atoms with Crippen LogP contribution in [-0.4, -0.2) is 34.3 Å². The molecule has 96 valence electrons. The van der Waals surface area contributed by atoms with E-state index in [9.17, 15) is 0 Å². The van der Waals surface area contributed by atoms with Crippen LogP contribution in [0.1, 0.15) is 26.7 Å². The van der Waals surface area contributed by atoms with Crippen molar-refractivity contribution in [3.63, 3.8) is 0 Å². The van der Waals surface area contributed by atoms with Crippen LogP contribution in [0.3, 0.4) is 0 Å². The Kier molecular flexibility index (Phi) is 5.65. The molecule has 0 saturated carbocycles. The Morgan fingerprint density at radius 2 is 2.12 bits per heavy atom. The zero-order valence-electron chi connectivity index (χ0n) is 10.4. The predicted octanol–water partition coefficient (Wildman–Crippen LogP) is 0.749. The Morgan fingerprint density at radius 1 is 1.41 bits per heavy atom. The van der Waals surface area contributed by atoms with Crippen LogP contribution in [0, 0.1) is 0 Å². The van der Waals surface area contributed by atoms with Crippen LogP contribution in [0.25, 0.3) is 0 Å². The quantitative estimate of drug-likeness (QED) is 0.481. The monoisotopic (exact) mass is 239 g/mol. The van der Waals surface area contributed by atoms with Crippen molar-refractivity contribution in [2.45, 2.75) is 32.7 Å². The van der Waals surface area contributed by atoms with Crippen molar-refractivity contribution < 1.29 is 5.11 Å². The van der Waals surface area contributed by atoms with E-state index in [1.807, 2.05) is 0 Å². The van der Waals surface area contributed by atoms with Crippen molar-refractivity contribution in [3.8, 4) is 0 Å². The largest absolute Gasteiger partial charge is 0.395 e. The molecular weight excluding hydrogens is 218 g/mol. The van der Waals surface area contributed by atoms with Crippen molar-refractivity contribution in [3.05, 3.63) is 12.4 Å². The highest BCUT2D eigenvalue weighted by atomic mass is 16.3. The highest BCUT2D eigenvalue weighted by molar-refractivity contribution is 5.48. The average Bonchev–Trinajstić information content (AvgIpc) is 2.39. The first-order valence-electron chi connectivity index (χ1n) is 5.92. The van der Waals surface area contributed by atoms with E-state index < -0.39 is 0 Å². The number of nitrogen functional groups attached to an aromatic ring is 1. The minimum absolute atomic E-state index is 0.103. The lowest BCUT2D eigenvalue weighted by atomic mass is 10.1. The minimum atomic E-state index is 0.103. The molecule has 6 heteroatoms. The molecule has 0 aromatic carbocycles. The van der Waals surface area contributed by atoms with Crippen LogP contribution in [0.2, 0.25) is 0 Å². The summed E-state index contributed by atoms with van der Waals surface area (Å²) >= 11 is 0. The van der Waals surface area contributed by atoms with Crippen molar-refractivity contribution in [1.82, 2.24) is 9.97 Å². The van der Waals surface area contributed by atoms with Gasteiger partial charge in [-0.2, -0.15) is 0 Å². The van der Waals surface area contributed by atoms with Gasteiger partial charge in [0.25, 0.3) is 0 Å². The summed E-state index contributed by atoms with van der Waals surface area (Å²) in [5.41, 5.74) is 2.50. The fraction of sp³-hybridized carbons (Fsp3) is 0.636. The first kappa shape index (κ1) is 13.7. The zero-order chi connectivity index (χ0) is 12.7. The highest BCUT2D eigenvalue weighted by Crippen LogP contribution is 2.19. The van der Waals surface area contributed by atoms with Crippen LogP contribution in [0.5, 0.6) is 0 Å². The molecule has 0 aliphatic carbocycles. The molecule has 0 radical (unpaired) electrons. The number of rotatable bonds is 7. The van der Waals surface area contributed by atoms with Crippen molar-refractivity contribution in [1.29, 1.82) is 0 Å². The van der Waals surface area contributed by atoms with Gasteiger partial charge in [-0.15, -0.1) is 0 Å². The van der Waals surface area contributed by atoms with E-state index >= 15 is 0 Å². The molecule has 1 aromatic heterocycles. The molecule has 0 aliphatic rings. The fourth-order valence-corrected chi connectivity index (χ4v) is 1.90. The normalized spacial score (nSPS) is 10.6. The molecule has 6 nitrogen and oxygen atoms in total. The lowest BCUT2D eigenvalue weighted by Crippen LogP contribution is -2.37. The summed E-state index contributed by atoms with van der Waals surface area (Å²) in [5.74, 6) is 6.69. The van der Waals surface area contributed by atoms with Gasteiger partial charge in [0.05, 0.1) is 6.61 Å². The van der Waals surface area contributed by atoms with Gasteiger partial charge in [0.1, 0.15) is 18.0 Å². The number of nitrogens with two attached hydrogens (primary N) is 1. The third kappa shape index (κ3) is 3.54. The summed E-state index contributed by atoms with van der Waals surface area (Å²) in [5, 5.41) is 9.14. The summed E-state index contributed by atoms with van der Waals surface area (Å²) in [6.07, 6.45) is 3.48. The molecule has 0 atom stereocenters. The topological polar surface area (TPSA) is 87.3 Å². The molecule has 1 aromatic rings. The third-order valence-corrected chi connectivity index (χ3v) is 2.82. The molecule has 0 aliphatic heterocycles. The molecule has 0 saturated heterocycles. The van der Waals surface area contributed by atoms with Crippen LogP contribution >= 0.6 is 0 Å². The molecule has 0 bridgehead atoms. The third-order valence-electron chi connectivity index (χ3n) is 2.82. The van der Waals surface area contributed by atoms with Crippen molar-refractivity contribution in [2.75, 3.05) is 23.5 Å². The molecule has 1 heterocycles. The summed E-state index contributed by atoms with van der Waals surface area (Å²) in [6.45, 7) is 4.92. The Labute approximate surface area is 102 Å². The van der Waals surface area contributed by atoms with E-state index in [-0.39, 0.29) is 6.61 Å². The van der Waals surface area contributed by atoms with Gasteiger partial charge in [0.2, 0.25) is 0 Å². The van der Waals surface area contributed by atoms with E-state index in [1.165, 1.54) is 6.33 Å². The standard InChI is InChI=1S/C11H21N5O/c1-3-9(4-2)16(5-6-17)11-7-10(15-12)13-8-14-11/h7-9,17H,3-6,12H2,1-2H3,(H,13,14,15). The van der Waals surface area contributed by atoms with Crippen LogP contribution in [0.15, 0.2) is 12.4 Å². The Bertz CT molecular complexity index is 329. The van der Waals surface area contributed by atoms with Gasteiger partial charge in [-0.05, 0) is 12.8 Å². The molecule has 4 N–H and O–H groups in total. The highest BCUT2D eigenvalue weighted by Gasteiger charge is 2.16. The van der Waals surface area contributed by atoms with E-state index in [2.05, 4.69) is 34.1 Å². The van der Waals surface area contributed by atoms with Gasteiger partial charge in [-0.25, -0.2) is 15.8 Å². The summed E-state index contributed by atoms with van der Waals surface area (Å²) < 4.78 is 0. The maximum absolute atomic E-state index is 9.14. The molecule has 0 amide bonds. The Morgan fingerprint density at radius 3 is 2.65 bits per heavy atom. The molecule has 0 fully saturated rings. The number of hydrazine groups is 1. The first-order chi connectivity index (χ1) is 8.26. The fourth-order valence-electron chi connectivity index (χ4n) is 1.90. The molecule has 0 spiro atoms. The average molecular weight is 239 g/mol. The lowest BCUT2D eigenvalue weighted by molar-refractivity contribution is 0.295. The van der Waals surface area contributed by atoms with E-state index in [0.29, 0.717) is 18.4 Å². The summed E-state index contributed by atoms with van der Waals surface area (Å²) in [6, 6.07) is 2.15. The maximum Gasteiger partial charge on any atom is 0.145 e. The predicted molar refractivity (Wildman–Crippen MR) is 68.6 cm³/mol. The Balaban J connectivity index is 2.94. The molecule has 17 heavy (non-hydrogen) atoms. The van der Waals surface area contributed by atoms with Gasteiger partial charge < -0.3 is 15.4 Å². The number of anilines is 2. The number of nitrogens with one attached hydrogen (secondary N) is 1. The maximum atomic E-state index is 9.14. The second-order valence-corrected chi connectivity index (χ2v) is 3.79. The number of aliphatic hydroxyl groups excluding tert-OH is 1. The zero-order valence-corrected chi connectivity index (χ0v) is 10.4. The Hall–Kier alpha value is -1.40. The molecule has 1 rings (SSSR count). The van der Waals surface area contributed by atoms with Gasteiger partial charge in [0.15, 0.2) is 0 Å². The minimum Gasteiger partial charge on any atom is -0.395 e. The van der Waals surface area contributed by atoms with Gasteiger partial charge in [-0.3, -0.25) is 0 Å². The summed E-state index contributed by atoms with van der Waals surface area (Å²) in [7, 11) is 0. The van der Waals surface area contributed by atoms with Gasteiger partial charge in [0, 0.05) is 18.7 Å².